The zero-order valence-electron chi connectivity index (χ0n) is 12.7. The molecule has 1 aromatic carbocycles. The van der Waals surface area contributed by atoms with E-state index in [2.05, 4.69) is 0 Å². The van der Waals surface area contributed by atoms with E-state index in [1.54, 1.807) is 13.8 Å². The maximum atomic E-state index is 12.2. The molecule has 0 saturated carbocycles. The second-order valence-corrected chi connectivity index (χ2v) is 6.20. The Bertz CT molecular complexity index is 463. The lowest BCUT2D eigenvalue weighted by atomic mass is 10.0. The smallest absolute Gasteiger partial charge is 0.327 e. The van der Waals surface area contributed by atoms with Crippen LogP contribution in [0.3, 0.4) is 0 Å². The van der Waals surface area contributed by atoms with E-state index in [9.17, 15) is 4.57 Å². The van der Waals surface area contributed by atoms with Crippen LogP contribution in [0.15, 0.2) is 18.2 Å². The Balaban J connectivity index is 2.87. The van der Waals surface area contributed by atoms with Crippen molar-refractivity contribution in [2.24, 2.45) is 0 Å². The monoisotopic (exact) mass is 302 g/mol. The first-order chi connectivity index (χ1) is 9.41. The topological polar surface area (TPSA) is 54.0 Å². The molecule has 0 aliphatic heterocycles. The van der Waals surface area contributed by atoms with Gasteiger partial charge >= 0.3 is 7.82 Å². The molecule has 0 heterocycles. The van der Waals surface area contributed by atoms with Gasteiger partial charge in [0.05, 0.1) is 13.2 Å². The fraction of sp³-hybridized carbons (Fsp3) is 0.571. The molecule has 0 bridgehead atoms. The number of hydrogen-bond acceptors (Lipinski definition) is 5. The van der Waals surface area contributed by atoms with Gasteiger partial charge in [-0.25, -0.2) is 4.57 Å². The summed E-state index contributed by atoms with van der Waals surface area (Å²) < 4.78 is 27.1. The molecular weight excluding hydrogens is 279 g/mol. The molecule has 0 N–H and O–H groups in total. The summed E-state index contributed by atoms with van der Waals surface area (Å²) in [7, 11) is -3.67. The Morgan fingerprint density at radius 2 is 1.75 bits per heavy atom. The van der Waals surface area contributed by atoms with E-state index in [1.165, 1.54) is 0 Å². The zero-order valence-corrected chi connectivity index (χ0v) is 13.6. The predicted molar refractivity (Wildman–Crippen MR) is 77.8 cm³/mol. The van der Waals surface area contributed by atoms with Crippen molar-refractivity contribution in [2.75, 3.05) is 13.2 Å². The molecule has 5 nitrogen and oxygen atoms in total. The maximum absolute atomic E-state index is 12.2. The first-order valence-corrected chi connectivity index (χ1v) is 8.23. The lowest BCUT2D eigenvalue weighted by molar-refractivity contribution is -0.132. The van der Waals surface area contributed by atoms with Gasteiger partial charge in [-0.3, -0.25) is 9.05 Å². The van der Waals surface area contributed by atoms with Gasteiger partial charge in [-0.1, -0.05) is 30.7 Å². The van der Waals surface area contributed by atoms with Gasteiger partial charge in [0.15, 0.2) is 5.75 Å². The molecule has 0 aromatic heterocycles. The molecule has 0 atom stereocenters. The van der Waals surface area contributed by atoms with Gasteiger partial charge in [0.25, 0.3) is 0 Å². The van der Waals surface area contributed by atoms with E-state index in [4.69, 9.17) is 18.6 Å². The van der Waals surface area contributed by atoms with Crippen molar-refractivity contribution in [2.45, 2.75) is 40.5 Å². The molecule has 114 valence electrons. The predicted octanol–water partition coefficient (Wildman–Crippen LogP) is 4.61. The fourth-order valence-corrected chi connectivity index (χ4v) is 2.64. The van der Waals surface area contributed by atoms with Crippen molar-refractivity contribution in [3.63, 3.8) is 0 Å². The molecule has 0 fully saturated rings. The highest BCUT2D eigenvalue weighted by Gasteiger charge is 2.28. The summed E-state index contributed by atoms with van der Waals surface area (Å²) in [5, 5.41) is 0. The van der Waals surface area contributed by atoms with Crippen LogP contribution in [0.5, 0.6) is 5.75 Å². The van der Waals surface area contributed by atoms with Crippen LogP contribution in [0.1, 0.15) is 44.7 Å². The Morgan fingerprint density at radius 1 is 1.15 bits per heavy atom. The zero-order chi connectivity index (χ0) is 15.2. The van der Waals surface area contributed by atoms with Crippen LogP contribution < -0.4 is 4.89 Å². The van der Waals surface area contributed by atoms with E-state index in [0.717, 1.165) is 11.1 Å². The second-order valence-electron chi connectivity index (χ2n) is 4.64. The standard InChI is InChI=1S/C14H23O5P/c1-6-16-20(15,17-7-2)19-18-14-10-12(5)8-9-13(14)11(3)4/h8-11H,6-7H2,1-5H3. The SMILES string of the molecule is CCOP(=O)(OCC)OOc1cc(C)ccc1C(C)C. The highest BCUT2D eigenvalue weighted by atomic mass is 31.2. The lowest BCUT2D eigenvalue weighted by Crippen LogP contribution is -2.05. The number of phosphoric acid groups is 1. The van der Waals surface area contributed by atoms with Crippen LogP contribution in [0, 0.1) is 6.92 Å². The lowest BCUT2D eigenvalue weighted by Gasteiger charge is -2.17. The van der Waals surface area contributed by atoms with Crippen LogP contribution in [-0.4, -0.2) is 13.2 Å². The summed E-state index contributed by atoms with van der Waals surface area (Å²) in [6, 6.07) is 5.79. The number of phosphoric ester groups is 1. The molecule has 0 aliphatic carbocycles. The van der Waals surface area contributed by atoms with Crippen molar-refractivity contribution in [1.82, 2.24) is 0 Å². The van der Waals surface area contributed by atoms with Crippen LogP contribution >= 0.6 is 7.82 Å². The minimum atomic E-state index is -3.67. The normalized spacial score (nSPS) is 11.9. The number of rotatable bonds is 8. The maximum Gasteiger partial charge on any atom is 0.510 e. The molecule has 1 rings (SSSR count). The first kappa shape index (κ1) is 17.2. The van der Waals surface area contributed by atoms with Crippen molar-refractivity contribution < 1.29 is 23.2 Å². The third-order valence-electron chi connectivity index (χ3n) is 2.58. The average Bonchev–Trinajstić information content (AvgIpc) is 2.37. The summed E-state index contributed by atoms with van der Waals surface area (Å²) in [6.45, 7) is 9.88. The highest BCUT2D eigenvalue weighted by molar-refractivity contribution is 7.48. The van der Waals surface area contributed by atoms with E-state index >= 15 is 0 Å². The first-order valence-electron chi connectivity index (χ1n) is 6.77. The van der Waals surface area contributed by atoms with E-state index < -0.39 is 7.82 Å². The minimum Gasteiger partial charge on any atom is -0.327 e. The minimum absolute atomic E-state index is 0.214. The molecule has 1 aromatic rings. The summed E-state index contributed by atoms with van der Waals surface area (Å²) >= 11 is 0. The van der Waals surface area contributed by atoms with Crippen molar-refractivity contribution in [3.8, 4) is 5.75 Å². The Morgan fingerprint density at radius 3 is 2.25 bits per heavy atom. The van der Waals surface area contributed by atoms with Crippen LogP contribution in [0.2, 0.25) is 0 Å². The fourth-order valence-electron chi connectivity index (χ4n) is 1.67. The molecule has 0 aliphatic rings. The molecule has 0 spiro atoms. The summed E-state index contributed by atoms with van der Waals surface area (Å²) in [4.78, 5) is 5.24. The number of benzene rings is 1. The van der Waals surface area contributed by atoms with Crippen molar-refractivity contribution in [1.29, 1.82) is 0 Å². The third-order valence-corrected chi connectivity index (χ3v) is 3.99. The largest absolute Gasteiger partial charge is 0.510 e. The molecule has 6 heteroatoms. The third kappa shape index (κ3) is 4.91. The average molecular weight is 302 g/mol. The second kappa shape index (κ2) is 7.79. The molecule has 0 saturated heterocycles. The molecule has 0 amide bonds. The van der Waals surface area contributed by atoms with Gasteiger partial charge in [-0.15, -0.1) is 0 Å². The van der Waals surface area contributed by atoms with E-state index in [1.807, 2.05) is 39.0 Å². The van der Waals surface area contributed by atoms with Crippen LogP contribution in [-0.2, 0) is 18.3 Å². The van der Waals surface area contributed by atoms with E-state index in [-0.39, 0.29) is 19.1 Å². The molecule has 0 radical (unpaired) electrons. The number of aryl methyl sites for hydroxylation is 1. The Hall–Kier alpha value is -0.870. The Kier molecular flexibility index (Phi) is 6.69. The van der Waals surface area contributed by atoms with Gasteiger partial charge < -0.3 is 4.89 Å². The van der Waals surface area contributed by atoms with Crippen LogP contribution in [0.25, 0.3) is 0 Å². The quantitative estimate of drug-likeness (QED) is 0.399. The molecule has 0 unspecified atom stereocenters. The van der Waals surface area contributed by atoms with Gasteiger partial charge in [-0.05, 0) is 38.3 Å². The molecular formula is C14H23O5P. The van der Waals surface area contributed by atoms with Crippen LogP contribution in [0.4, 0.5) is 0 Å². The Labute approximate surface area is 120 Å². The molecule has 20 heavy (non-hydrogen) atoms. The van der Waals surface area contributed by atoms with Gasteiger partial charge in [0, 0.05) is 5.56 Å². The van der Waals surface area contributed by atoms with E-state index in [0.29, 0.717) is 5.75 Å². The summed E-state index contributed by atoms with van der Waals surface area (Å²) in [6.07, 6.45) is 0. The van der Waals surface area contributed by atoms with Gasteiger partial charge in [0.2, 0.25) is 0 Å². The van der Waals surface area contributed by atoms with Crippen molar-refractivity contribution >= 4 is 7.82 Å². The van der Waals surface area contributed by atoms with Crippen molar-refractivity contribution in [3.05, 3.63) is 29.3 Å². The van der Waals surface area contributed by atoms with Gasteiger partial charge in [-0.2, -0.15) is 0 Å². The highest BCUT2D eigenvalue weighted by Crippen LogP contribution is 2.49. The summed E-state index contributed by atoms with van der Waals surface area (Å²) in [5.74, 6) is 0.785. The number of hydrogen-bond donors (Lipinski definition) is 0. The van der Waals surface area contributed by atoms with Gasteiger partial charge in [0.1, 0.15) is 0 Å². The summed E-state index contributed by atoms with van der Waals surface area (Å²) in [5.41, 5.74) is 1.99.